The first-order valence-electron chi connectivity index (χ1n) is 7.67. The van der Waals surface area contributed by atoms with Gasteiger partial charge in [0.15, 0.2) is 10.8 Å². The van der Waals surface area contributed by atoms with E-state index in [0.29, 0.717) is 5.41 Å². The molecule has 0 spiro atoms. The van der Waals surface area contributed by atoms with Gasteiger partial charge in [0.05, 0.1) is 5.39 Å². The van der Waals surface area contributed by atoms with Crippen molar-refractivity contribution in [1.29, 1.82) is 0 Å². The fraction of sp³-hybridized carbons (Fsp3) is 0.562. The lowest BCUT2D eigenvalue weighted by molar-refractivity contribution is 0.218. The third kappa shape index (κ3) is 2.07. The molecule has 0 radical (unpaired) electrons. The van der Waals surface area contributed by atoms with Crippen LogP contribution < -0.4 is 0 Å². The molecule has 0 saturated heterocycles. The van der Waals surface area contributed by atoms with E-state index in [4.69, 9.17) is 4.98 Å². The van der Waals surface area contributed by atoms with Gasteiger partial charge >= 0.3 is 0 Å². The zero-order valence-corrected chi connectivity index (χ0v) is 15.0. The Kier molecular flexibility index (Phi) is 3.24. The average Bonchev–Trinajstić information content (AvgIpc) is 3.07. The van der Waals surface area contributed by atoms with Gasteiger partial charge in [0.25, 0.3) is 0 Å². The summed E-state index contributed by atoms with van der Waals surface area (Å²) in [6, 6.07) is 0. The molecule has 0 saturated carbocycles. The van der Waals surface area contributed by atoms with Gasteiger partial charge in [0, 0.05) is 4.88 Å². The summed E-state index contributed by atoms with van der Waals surface area (Å²) in [6.45, 7) is 7.07. The molecule has 3 heterocycles. The second-order valence-electron chi connectivity index (χ2n) is 7.11. The van der Waals surface area contributed by atoms with Crippen LogP contribution in [0.2, 0.25) is 0 Å². The molecule has 0 aromatic carbocycles. The van der Waals surface area contributed by atoms with Crippen LogP contribution in [0.25, 0.3) is 15.9 Å². The van der Waals surface area contributed by atoms with Gasteiger partial charge in [-0.15, -0.1) is 21.5 Å². The molecule has 0 amide bonds. The Balaban J connectivity index is 1.93. The molecule has 6 heteroatoms. The minimum Gasteiger partial charge on any atom is -0.259 e. The second kappa shape index (κ2) is 4.93. The lowest BCUT2D eigenvalue weighted by Gasteiger charge is -2.33. The average molecular weight is 332 g/mol. The fourth-order valence-electron chi connectivity index (χ4n) is 3.45. The zero-order valence-electron chi connectivity index (χ0n) is 13.4. The van der Waals surface area contributed by atoms with Gasteiger partial charge in [0.1, 0.15) is 11.2 Å². The maximum Gasteiger partial charge on any atom is 0.176 e. The topological polar surface area (TPSA) is 43.1 Å². The quantitative estimate of drug-likeness (QED) is 0.494. The molecule has 1 aliphatic rings. The van der Waals surface area contributed by atoms with Gasteiger partial charge in [-0.2, -0.15) is 0 Å². The number of thiophene rings is 1. The normalized spacial score (nSPS) is 19.0. The molecule has 116 valence electrons. The van der Waals surface area contributed by atoms with Crippen molar-refractivity contribution in [2.24, 2.45) is 11.3 Å². The number of aromatic nitrogens is 4. The molecule has 3 aromatic heterocycles. The third-order valence-electron chi connectivity index (χ3n) is 4.83. The van der Waals surface area contributed by atoms with Crippen LogP contribution in [0, 0.1) is 11.3 Å². The van der Waals surface area contributed by atoms with Gasteiger partial charge in [0.2, 0.25) is 0 Å². The number of rotatable bonds is 1. The molecule has 0 N–H and O–H groups in total. The first-order valence-corrected chi connectivity index (χ1v) is 9.71. The highest BCUT2D eigenvalue weighted by molar-refractivity contribution is 7.98. The monoisotopic (exact) mass is 332 g/mol. The van der Waals surface area contributed by atoms with E-state index in [-0.39, 0.29) is 0 Å². The Morgan fingerprint density at radius 1 is 1.36 bits per heavy atom. The van der Waals surface area contributed by atoms with Gasteiger partial charge < -0.3 is 0 Å². The van der Waals surface area contributed by atoms with Crippen molar-refractivity contribution in [3.05, 3.63) is 16.8 Å². The Hall–Kier alpha value is -1.14. The third-order valence-corrected chi connectivity index (χ3v) is 6.63. The highest BCUT2D eigenvalue weighted by Gasteiger charge is 2.31. The van der Waals surface area contributed by atoms with Crippen LogP contribution in [0.1, 0.15) is 37.6 Å². The van der Waals surface area contributed by atoms with E-state index in [1.54, 1.807) is 18.1 Å². The van der Waals surface area contributed by atoms with Gasteiger partial charge in [-0.1, -0.05) is 32.5 Å². The number of fused-ring (bicyclic) bond motifs is 5. The number of thioether (sulfide) groups is 1. The first-order chi connectivity index (χ1) is 10.5. The second-order valence-corrected chi connectivity index (χ2v) is 8.97. The summed E-state index contributed by atoms with van der Waals surface area (Å²) < 4.78 is 2.02. The minimum absolute atomic E-state index is 0.371. The molecule has 1 aliphatic carbocycles. The van der Waals surface area contributed by atoms with Gasteiger partial charge in [-0.25, -0.2) is 4.98 Å². The van der Waals surface area contributed by atoms with Crippen LogP contribution in [0.3, 0.4) is 0 Å². The Morgan fingerprint density at radius 2 is 2.18 bits per heavy atom. The maximum absolute atomic E-state index is 4.85. The van der Waals surface area contributed by atoms with Crippen LogP contribution in [0.15, 0.2) is 11.5 Å². The first kappa shape index (κ1) is 14.5. The standard InChI is InChI=1S/C16H20N4S2/c1-16(2,3)9-5-6-10-11(7-9)22-14-12(10)13-19-17-8-20(13)15(18-14)21-4/h8-9H,5-7H2,1-4H3. The summed E-state index contributed by atoms with van der Waals surface area (Å²) in [7, 11) is 0. The summed E-state index contributed by atoms with van der Waals surface area (Å²) in [4.78, 5) is 7.49. The van der Waals surface area contributed by atoms with E-state index in [1.165, 1.54) is 28.7 Å². The van der Waals surface area contributed by atoms with Crippen LogP contribution in [-0.4, -0.2) is 25.8 Å². The van der Waals surface area contributed by atoms with E-state index in [0.717, 1.165) is 28.0 Å². The molecule has 0 fully saturated rings. The SMILES string of the molecule is CSc1nc2sc3c(c2c2nncn12)CCC(C(C)(C)C)C3. The molecular weight excluding hydrogens is 312 g/mol. The smallest absolute Gasteiger partial charge is 0.176 e. The van der Waals surface area contributed by atoms with Crippen molar-refractivity contribution >= 4 is 39.0 Å². The lowest BCUT2D eigenvalue weighted by Crippen LogP contribution is -2.26. The largest absolute Gasteiger partial charge is 0.259 e. The molecule has 22 heavy (non-hydrogen) atoms. The van der Waals surface area contributed by atoms with Crippen molar-refractivity contribution in [3.63, 3.8) is 0 Å². The molecule has 1 atom stereocenters. The Morgan fingerprint density at radius 3 is 2.91 bits per heavy atom. The van der Waals surface area contributed by atoms with Gasteiger partial charge in [-0.3, -0.25) is 4.40 Å². The summed E-state index contributed by atoms with van der Waals surface area (Å²) >= 11 is 3.51. The number of nitrogens with zero attached hydrogens (tertiary/aromatic N) is 4. The van der Waals surface area contributed by atoms with Crippen molar-refractivity contribution in [2.45, 2.75) is 45.2 Å². The lowest BCUT2D eigenvalue weighted by atomic mass is 9.72. The van der Waals surface area contributed by atoms with Crippen LogP contribution in [0.4, 0.5) is 0 Å². The Bertz CT molecular complexity index is 856. The van der Waals surface area contributed by atoms with Crippen LogP contribution in [0.5, 0.6) is 0 Å². The molecule has 3 aromatic rings. The minimum atomic E-state index is 0.371. The van der Waals surface area contributed by atoms with E-state index < -0.39 is 0 Å². The molecule has 1 unspecified atom stereocenters. The zero-order chi connectivity index (χ0) is 15.5. The number of aryl methyl sites for hydroxylation is 1. The molecule has 4 rings (SSSR count). The van der Waals surface area contributed by atoms with Crippen molar-refractivity contribution in [2.75, 3.05) is 6.26 Å². The predicted octanol–water partition coefficient (Wildman–Crippen LogP) is 4.21. The summed E-state index contributed by atoms with van der Waals surface area (Å²) in [5.74, 6) is 0.752. The Labute approximate surface area is 138 Å². The number of hydrogen-bond donors (Lipinski definition) is 0. The fourth-order valence-corrected chi connectivity index (χ4v) is 5.31. The highest BCUT2D eigenvalue weighted by atomic mass is 32.2. The number of hydrogen-bond acceptors (Lipinski definition) is 5. The highest BCUT2D eigenvalue weighted by Crippen LogP contribution is 2.44. The van der Waals surface area contributed by atoms with E-state index in [9.17, 15) is 0 Å². The molecule has 4 nitrogen and oxygen atoms in total. The van der Waals surface area contributed by atoms with Crippen molar-refractivity contribution in [3.8, 4) is 0 Å². The van der Waals surface area contributed by atoms with Crippen molar-refractivity contribution in [1.82, 2.24) is 19.6 Å². The molecule has 0 aliphatic heterocycles. The van der Waals surface area contributed by atoms with E-state index in [1.807, 2.05) is 15.7 Å². The van der Waals surface area contributed by atoms with Crippen LogP contribution in [-0.2, 0) is 12.8 Å². The summed E-state index contributed by atoms with van der Waals surface area (Å²) in [5, 5.41) is 10.7. The van der Waals surface area contributed by atoms with Crippen LogP contribution >= 0.6 is 23.1 Å². The van der Waals surface area contributed by atoms with E-state index >= 15 is 0 Å². The van der Waals surface area contributed by atoms with Crippen molar-refractivity contribution < 1.29 is 0 Å². The molecule has 0 bridgehead atoms. The summed E-state index contributed by atoms with van der Waals surface area (Å²) in [6.07, 6.45) is 7.40. The summed E-state index contributed by atoms with van der Waals surface area (Å²) in [5.41, 5.74) is 2.82. The molecular formula is C16H20N4S2. The van der Waals surface area contributed by atoms with E-state index in [2.05, 4.69) is 37.2 Å². The predicted molar refractivity (Wildman–Crippen MR) is 92.9 cm³/mol. The van der Waals surface area contributed by atoms with Gasteiger partial charge in [-0.05, 0) is 42.4 Å². The maximum atomic E-state index is 4.85.